The highest BCUT2D eigenvalue weighted by molar-refractivity contribution is 6.30. The van der Waals surface area contributed by atoms with Crippen molar-refractivity contribution in [2.75, 3.05) is 31.5 Å². The number of nitrogens with zero attached hydrogens (tertiary/aromatic N) is 1. The van der Waals surface area contributed by atoms with E-state index in [-0.39, 0.29) is 5.91 Å². The van der Waals surface area contributed by atoms with Crippen LogP contribution in [0.2, 0.25) is 5.02 Å². The van der Waals surface area contributed by atoms with Gasteiger partial charge >= 0.3 is 0 Å². The largest absolute Gasteiger partial charge is 0.325 e. The van der Waals surface area contributed by atoms with Crippen LogP contribution in [0, 0.1) is 5.92 Å². The molecule has 5 heteroatoms. The Hall–Kier alpha value is -1.10. The lowest BCUT2D eigenvalue weighted by Gasteiger charge is -2.34. The molecule has 0 spiro atoms. The van der Waals surface area contributed by atoms with Crippen molar-refractivity contribution in [1.82, 2.24) is 10.2 Å². The summed E-state index contributed by atoms with van der Waals surface area (Å²) in [6.07, 6.45) is 2.39. The van der Waals surface area contributed by atoms with Crippen molar-refractivity contribution < 1.29 is 4.79 Å². The van der Waals surface area contributed by atoms with Gasteiger partial charge in [-0.1, -0.05) is 11.6 Å². The van der Waals surface area contributed by atoms with Gasteiger partial charge in [-0.05, 0) is 49.6 Å². The number of hydrogen-bond acceptors (Lipinski definition) is 3. The molecule has 1 amide bonds. The summed E-state index contributed by atoms with van der Waals surface area (Å²) < 4.78 is 0. The van der Waals surface area contributed by atoms with Crippen LogP contribution in [0.4, 0.5) is 5.69 Å². The topological polar surface area (TPSA) is 44.4 Å². The molecule has 3 rings (SSSR count). The van der Waals surface area contributed by atoms with E-state index in [2.05, 4.69) is 15.5 Å². The Labute approximate surface area is 124 Å². The van der Waals surface area contributed by atoms with Crippen molar-refractivity contribution in [2.24, 2.45) is 5.92 Å². The number of benzene rings is 1. The second-order valence-electron chi connectivity index (χ2n) is 5.69. The fourth-order valence-electron chi connectivity index (χ4n) is 3.20. The first-order chi connectivity index (χ1) is 9.70. The molecule has 2 saturated heterocycles. The zero-order valence-corrected chi connectivity index (χ0v) is 12.2. The molecule has 2 N–H and O–H groups in total. The number of likely N-dealkylation sites (tertiary alicyclic amines) is 1. The van der Waals surface area contributed by atoms with Crippen molar-refractivity contribution in [3.8, 4) is 0 Å². The Morgan fingerprint density at radius 1 is 1.35 bits per heavy atom. The summed E-state index contributed by atoms with van der Waals surface area (Å²) in [6.45, 7) is 3.64. The number of hydrogen-bond donors (Lipinski definition) is 2. The molecule has 2 atom stereocenters. The molecular weight excluding hydrogens is 274 g/mol. The Balaban J connectivity index is 1.50. The van der Waals surface area contributed by atoms with Gasteiger partial charge < -0.3 is 10.6 Å². The number of halogens is 1. The zero-order chi connectivity index (χ0) is 13.9. The number of rotatable bonds is 3. The first-order valence-corrected chi connectivity index (χ1v) is 7.59. The Morgan fingerprint density at radius 3 is 2.95 bits per heavy atom. The molecule has 1 aromatic carbocycles. The van der Waals surface area contributed by atoms with Crippen LogP contribution in [-0.4, -0.2) is 43.0 Å². The van der Waals surface area contributed by atoms with Crippen molar-refractivity contribution in [2.45, 2.75) is 18.9 Å². The molecular formula is C15H20ClN3O. The van der Waals surface area contributed by atoms with Gasteiger partial charge in [0.25, 0.3) is 0 Å². The van der Waals surface area contributed by atoms with Crippen molar-refractivity contribution in [3.63, 3.8) is 0 Å². The van der Waals surface area contributed by atoms with E-state index in [1.807, 2.05) is 12.1 Å². The lowest BCUT2D eigenvalue weighted by Crippen LogP contribution is -2.46. The standard InChI is InChI=1S/C15H20ClN3O/c16-12-1-3-13(4-2-12)18-15(20)10-19-8-6-14-11(9-19)5-7-17-14/h1-4,11,14,17H,5-10H2,(H,18,20). The number of carbonyl (C=O) groups excluding carboxylic acids is 1. The number of nitrogens with one attached hydrogen (secondary N) is 2. The van der Waals surface area contributed by atoms with Crippen LogP contribution < -0.4 is 10.6 Å². The highest BCUT2D eigenvalue weighted by atomic mass is 35.5. The third-order valence-electron chi connectivity index (χ3n) is 4.23. The van der Waals surface area contributed by atoms with Crippen molar-refractivity contribution in [3.05, 3.63) is 29.3 Å². The number of fused-ring (bicyclic) bond motifs is 1. The van der Waals surface area contributed by atoms with Crippen LogP contribution in [-0.2, 0) is 4.79 Å². The Morgan fingerprint density at radius 2 is 2.15 bits per heavy atom. The maximum Gasteiger partial charge on any atom is 0.238 e. The lowest BCUT2D eigenvalue weighted by atomic mass is 9.93. The van der Waals surface area contributed by atoms with E-state index in [9.17, 15) is 4.79 Å². The van der Waals surface area contributed by atoms with Crippen molar-refractivity contribution >= 4 is 23.2 Å². The summed E-state index contributed by atoms with van der Waals surface area (Å²) in [4.78, 5) is 14.3. The van der Waals surface area contributed by atoms with E-state index in [1.54, 1.807) is 12.1 Å². The first-order valence-electron chi connectivity index (χ1n) is 7.22. The van der Waals surface area contributed by atoms with E-state index in [0.717, 1.165) is 31.7 Å². The Kier molecular flexibility index (Phi) is 4.24. The third-order valence-corrected chi connectivity index (χ3v) is 4.49. The summed E-state index contributed by atoms with van der Waals surface area (Å²) in [5, 5.41) is 7.14. The molecule has 1 aromatic rings. The SMILES string of the molecule is O=C(CN1CCC2NCCC2C1)Nc1ccc(Cl)cc1. The van der Waals surface area contributed by atoms with Crippen molar-refractivity contribution in [1.29, 1.82) is 0 Å². The average Bonchev–Trinajstić information content (AvgIpc) is 2.89. The molecule has 2 unspecified atom stereocenters. The lowest BCUT2D eigenvalue weighted by molar-refractivity contribution is -0.117. The first kappa shape index (κ1) is 13.9. The second kappa shape index (κ2) is 6.12. The minimum Gasteiger partial charge on any atom is -0.325 e. The average molecular weight is 294 g/mol. The van der Waals surface area contributed by atoms with E-state index in [1.165, 1.54) is 6.42 Å². The fraction of sp³-hybridized carbons (Fsp3) is 0.533. The maximum absolute atomic E-state index is 12.1. The summed E-state index contributed by atoms with van der Waals surface area (Å²) in [5.41, 5.74) is 0.803. The maximum atomic E-state index is 12.1. The van der Waals surface area contributed by atoms with E-state index in [4.69, 9.17) is 11.6 Å². The van der Waals surface area contributed by atoms with E-state index in [0.29, 0.717) is 23.5 Å². The van der Waals surface area contributed by atoms with Crippen LogP contribution in [0.1, 0.15) is 12.8 Å². The molecule has 0 aliphatic carbocycles. The molecule has 2 heterocycles. The molecule has 4 nitrogen and oxygen atoms in total. The van der Waals surface area contributed by atoms with Gasteiger partial charge in [-0.3, -0.25) is 9.69 Å². The van der Waals surface area contributed by atoms with Gasteiger partial charge in [0, 0.05) is 29.8 Å². The highest BCUT2D eigenvalue weighted by Crippen LogP contribution is 2.24. The summed E-state index contributed by atoms with van der Waals surface area (Å²) in [5.74, 6) is 0.767. The molecule has 0 radical (unpaired) electrons. The molecule has 2 aliphatic heterocycles. The quantitative estimate of drug-likeness (QED) is 0.895. The number of piperidine rings is 1. The molecule has 0 saturated carbocycles. The number of anilines is 1. The minimum atomic E-state index is 0.0525. The number of amides is 1. The van der Waals surface area contributed by atoms with Gasteiger partial charge in [0.1, 0.15) is 0 Å². The second-order valence-corrected chi connectivity index (χ2v) is 6.12. The van der Waals surface area contributed by atoms with Gasteiger partial charge in [0.2, 0.25) is 5.91 Å². The van der Waals surface area contributed by atoms with Gasteiger partial charge in [-0.25, -0.2) is 0 Å². The minimum absolute atomic E-state index is 0.0525. The molecule has 2 aliphatic rings. The normalized spacial score (nSPS) is 26.2. The molecule has 0 aromatic heterocycles. The van der Waals surface area contributed by atoms with Crippen LogP contribution in [0.15, 0.2) is 24.3 Å². The van der Waals surface area contributed by atoms with Gasteiger partial charge in [-0.2, -0.15) is 0 Å². The monoisotopic (exact) mass is 293 g/mol. The molecule has 108 valence electrons. The van der Waals surface area contributed by atoms with E-state index < -0.39 is 0 Å². The third kappa shape index (κ3) is 3.32. The van der Waals surface area contributed by atoms with E-state index >= 15 is 0 Å². The molecule has 2 fully saturated rings. The predicted molar refractivity (Wildman–Crippen MR) is 81.0 cm³/mol. The molecule has 20 heavy (non-hydrogen) atoms. The molecule has 0 bridgehead atoms. The van der Waals surface area contributed by atoms with Gasteiger partial charge in [-0.15, -0.1) is 0 Å². The number of carbonyl (C=O) groups is 1. The summed E-state index contributed by atoms with van der Waals surface area (Å²) in [7, 11) is 0. The van der Waals surface area contributed by atoms with Crippen LogP contribution in [0.25, 0.3) is 0 Å². The smallest absolute Gasteiger partial charge is 0.238 e. The fourth-order valence-corrected chi connectivity index (χ4v) is 3.33. The van der Waals surface area contributed by atoms with Gasteiger partial charge in [0.15, 0.2) is 0 Å². The van der Waals surface area contributed by atoms with Crippen LogP contribution >= 0.6 is 11.6 Å². The van der Waals surface area contributed by atoms with Gasteiger partial charge in [0.05, 0.1) is 6.54 Å². The summed E-state index contributed by atoms with van der Waals surface area (Å²) >= 11 is 5.83. The Bertz CT molecular complexity index is 477. The van der Waals surface area contributed by atoms with Crippen LogP contribution in [0.3, 0.4) is 0 Å². The zero-order valence-electron chi connectivity index (χ0n) is 11.4. The highest BCUT2D eigenvalue weighted by Gasteiger charge is 2.32. The van der Waals surface area contributed by atoms with Crippen LogP contribution in [0.5, 0.6) is 0 Å². The predicted octanol–water partition coefficient (Wildman–Crippen LogP) is 1.96. The summed E-state index contributed by atoms with van der Waals surface area (Å²) in [6, 6.07) is 7.89.